The number of rotatable bonds is 5. The highest BCUT2D eigenvalue weighted by atomic mass is 32.2. The second-order valence-electron chi connectivity index (χ2n) is 5.86. The van der Waals surface area contributed by atoms with Crippen LogP contribution in [0.25, 0.3) is 0 Å². The van der Waals surface area contributed by atoms with Crippen LogP contribution >= 0.6 is 11.8 Å². The van der Waals surface area contributed by atoms with E-state index >= 15 is 0 Å². The molecule has 0 fully saturated rings. The molecule has 0 radical (unpaired) electrons. The fourth-order valence-electron chi connectivity index (χ4n) is 1.68. The Morgan fingerprint density at radius 3 is 2.58 bits per heavy atom. The van der Waals surface area contributed by atoms with E-state index in [4.69, 9.17) is 5.73 Å². The van der Waals surface area contributed by atoms with Crippen molar-refractivity contribution in [2.45, 2.75) is 45.4 Å². The summed E-state index contributed by atoms with van der Waals surface area (Å²) in [7, 11) is 0. The van der Waals surface area contributed by atoms with Crippen LogP contribution in [-0.2, 0) is 0 Å². The maximum Gasteiger partial charge on any atom is 0.249 e. The van der Waals surface area contributed by atoms with Gasteiger partial charge in [-0.3, -0.25) is 4.79 Å². The van der Waals surface area contributed by atoms with E-state index in [0.29, 0.717) is 11.6 Å². The fourth-order valence-corrected chi connectivity index (χ4v) is 2.51. The SMILES string of the molecule is Cc1ccc(N[C@@H](C)CSC(C)(C)C)cc1C(N)=O. The van der Waals surface area contributed by atoms with Gasteiger partial charge in [-0.1, -0.05) is 26.8 Å². The largest absolute Gasteiger partial charge is 0.382 e. The van der Waals surface area contributed by atoms with Crippen molar-refractivity contribution in [3.63, 3.8) is 0 Å². The second kappa shape index (κ2) is 6.33. The van der Waals surface area contributed by atoms with Gasteiger partial charge >= 0.3 is 0 Å². The Balaban J connectivity index is 2.67. The van der Waals surface area contributed by atoms with Crippen LogP contribution in [0.2, 0.25) is 0 Å². The minimum absolute atomic E-state index is 0.265. The molecule has 0 saturated heterocycles. The van der Waals surface area contributed by atoms with Crippen LogP contribution in [0, 0.1) is 6.92 Å². The summed E-state index contributed by atoms with van der Waals surface area (Å²) in [6, 6.07) is 6.08. The number of carbonyl (C=O) groups excluding carboxylic acids is 1. The topological polar surface area (TPSA) is 55.1 Å². The third-order valence-corrected chi connectivity index (χ3v) is 4.22. The number of carbonyl (C=O) groups is 1. The molecule has 0 aliphatic rings. The van der Waals surface area contributed by atoms with E-state index < -0.39 is 0 Å². The summed E-state index contributed by atoms with van der Waals surface area (Å²) in [5.41, 5.74) is 7.80. The summed E-state index contributed by atoms with van der Waals surface area (Å²) in [6.45, 7) is 10.7. The van der Waals surface area contributed by atoms with Gasteiger partial charge in [-0.15, -0.1) is 0 Å². The summed E-state index contributed by atoms with van der Waals surface area (Å²) in [6.07, 6.45) is 0. The molecule has 0 aliphatic carbocycles. The molecule has 0 heterocycles. The van der Waals surface area contributed by atoms with Crippen LogP contribution in [0.1, 0.15) is 43.6 Å². The molecule has 19 heavy (non-hydrogen) atoms. The molecule has 4 heteroatoms. The molecule has 1 aromatic carbocycles. The molecule has 0 saturated carbocycles. The number of nitrogens with one attached hydrogen (secondary N) is 1. The fraction of sp³-hybridized carbons (Fsp3) is 0.533. The summed E-state index contributed by atoms with van der Waals surface area (Å²) in [4.78, 5) is 11.3. The van der Waals surface area contributed by atoms with E-state index in [1.807, 2.05) is 36.9 Å². The standard InChI is InChI=1S/C15H24N2OS/c1-10-6-7-12(8-13(10)14(16)18)17-11(2)9-19-15(3,4)5/h6-8,11,17H,9H2,1-5H3,(H2,16,18)/t11-/m0/s1. The molecule has 0 aromatic heterocycles. The van der Waals surface area contributed by atoms with Gasteiger partial charge in [0.2, 0.25) is 5.91 Å². The first-order valence-electron chi connectivity index (χ1n) is 6.50. The number of amides is 1. The maximum absolute atomic E-state index is 11.3. The molecule has 0 bridgehead atoms. The zero-order valence-corrected chi connectivity index (χ0v) is 13.2. The highest BCUT2D eigenvalue weighted by Crippen LogP contribution is 2.25. The molecule has 106 valence electrons. The minimum Gasteiger partial charge on any atom is -0.382 e. The van der Waals surface area contributed by atoms with E-state index in [1.165, 1.54) is 0 Å². The van der Waals surface area contributed by atoms with Crippen LogP contribution in [-0.4, -0.2) is 22.4 Å². The molecule has 1 amide bonds. The Morgan fingerprint density at radius 1 is 1.42 bits per heavy atom. The lowest BCUT2D eigenvalue weighted by Gasteiger charge is -2.22. The van der Waals surface area contributed by atoms with E-state index in [1.54, 1.807) is 0 Å². The third-order valence-electron chi connectivity index (χ3n) is 2.68. The van der Waals surface area contributed by atoms with Gasteiger partial charge < -0.3 is 11.1 Å². The number of benzene rings is 1. The molecule has 3 nitrogen and oxygen atoms in total. The summed E-state index contributed by atoms with van der Waals surface area (Å²) < 4.78 is 0.265. The number of nitrogens with two attached hydrogens (primary N) is 1. The van der Waals surface area contributed by atoms with Crippen molar-refractivity contribution in [3.05, 3.63) is 29.3 Å². The van der Waals surface area contributed by atoms with Crippen LogP contribution in [0.4, 0.5) is 5.69 Å². The van der Waals surface area contributed by atoms with Crippen LogP contribution in [0.5, 0.6) is 0 Å². The summed E-state index contributed by atoms with van der Waals surface area (Å²) in [5, 5.41) is 3.41. The normalized spacial score (nSPS) is 13.1. The number of anilines is 1. The van der Waals surface area contributed by atoms with Gasteiger partial charge in [-0.05, 0) is 31.5 Å². The van der Waals surface area contributed by atoms with Crippen molar-refractivity contribution in [2.75, 3.05) is 11.1 Å². The Labute approximate surface area is 120 Å². The van der Waals surface area contributed by atoms with Gasteiger partial charge in [0.15, 0.2) is 0 Å². The van der Waals surface area contributed by atoms with Gasteiger partial charge in [0.05, 0.1) is 0 Å². The number of thioether (sulfide) groups is 1. The zero-order valence-electron chi connectivity index (χ0n) is 12.4. The smallest absolute Gasteiger partial charge is 0.249 e. The van der Waals surface area contributed by atoms with Crippen molar-refractivity contribution in [3.8, 4) is 0 Å². The van der Waals surface area contributed by atoms with E-state index in [0.717, 1.165) is 17.0 Å². The van der Waals surface area contributed by atoms with E-state index in [-0.39, 0.29) is 10.7 Å². The lowest BCUT2D eigenvalue weighted by molar-refractivity contribution is 0.1000. The zero-order chi connectivity index (χ0) is 14.6. The van der Waals surface area contributed by atoms with Gasteiger partial charge in [-0.2, -0.15) is 11.8 Å². The number of aryl methyl sites for hydroxylation is 1. The number of hydrogen-bond donors (Lipinski definition) is 2. The predicted molar refractivity (Wildman–Crippen MR) is 85.0 cm³/mol. The summed E-state index contributed by atoms with van der Waals surface area (Å²) in [5.74, 6) is 0.640. The average molecular weight is 280 g/mol. The maximum atomic E-state index is 11.3. The Morgan fingerprint density at radius 2 is 2.05 bits per heavy atom. The van der Waals surface area contributed by atoms with Crippen molar-refractivity contribution in [1.82, 2.24) is 0 Å². The molecule has 0 unspecified atom stereocenters. The average Bonchev–Trinajstić information content (AvgIpc) is 2.28. The molecule has 1 rings (SSSR count). The first-order chi connectivity index (χ1) is 8.69. The number of hydrogen-bond acceptors (Lipinski definition) is 3. The number of primary amides is 1. The molecular formula is C15H24N2OS. The molecule has 0 aliphatic heterocycles. The first-order valence-corrected chi connectivity index (χ1v) is 7.48. The van der Waals surface area contributed by atoms with Crippen LogP contribution in [0.3, 0.4) is 0 Å². The van der Waals surface area contributed by atoms with Gasteiger partial charge in [-0.25, -0.2) is 0 Å². The van der Waals surface area contributed by atoms with Crippen molar-refractivity contribution in [1.29, 1.82) is 0 Å². The van der Waals surface area contributed by atoms with Gasteiger partial charge in [0, 0.05) is 27.8 Å². The van der Waals surface area contributed by atoms with Crippen LogP contribution in [0.15, 0.2) is 18.2 Å². The lowest BCUT2D eigenvalue weighted by Crippen LogP contribution is -2.22. The molecule has 1 atom stereocenters. The third kappa shape index (κ3) is 5.55. The lowest BCUT2D eigenvalue weighted by atomic mass is 10.1. The molecule has 0 spiro atoms. The molecular weight excluding hydrogens is 256 g/mol. The van der Waals surface area contributed by atoms with E-state index in [9.17, 15) is 4.79 Å². The van der Waals surface area contributed by atoms with E-state index in [2.05, 4.69) is 33.0 Å². The highest BCUT2D eigenvalue weighted by Gasteiger charge is 2.13. The van der Waals surface area contributed by atoms with Crippen LogP contribution < -0.4 is 11.1 Å². The molecule has 1 aromatic rings. The monoisotopic (exact) mass is 280 g/mol. The Bertz CT molecular complexity index is 452. The van der Waals surface area contributed by atoms with Gasteiger partial charge in [0.25, 0.3) is 0 Å². The van der Waals surface area contributed by atoms with Gasteiger partial charge in [0.1, 0.15) is 0 Å². The molecule has 3 N–H and O–H groups in total. The first kappa shape index (κ1) is 15.9. The predicted octanol–water partition coefficient (Wildman–Crippen LogP) is 3.43. The minimum atomic E-state index is -0.377. The van der Waals surface area contributed by atoms with Crippen molar-refractivity contribution >= 4 is 23.4 Å². The Kier molecular flexibility index (Phi) is 5.29. The van der Waals surface area contributed by atoms with Crippen molar-refractivity contribution < 1.29 is 4.79 Å². The summed E-state index contributed by atoms with van der Waals surface area (Å²) >= 11 is 1.92. The van der Waals surface area contributed by atoms with Crippen molar-refractivity contribution in [2.24, 2.45) is 5.73 Å². The quantitative estimate of drug-likeness (QED) is 0.869. The Hall–Kier alpha value is -1.16. The highest BCUT2D eigenvalue weighted by molar-refractivity contribution is 8.00. The second-order valence-corrected chi connectivity index (χ2v) is 7.71.